The van der Waals surface area contributed by atoms with Crippen LogP contribution >= 0.6 is 11.6 Å². The summed E-state index contributed by atoms with van der Waals surface area (Å²) in [6, 6.07) is 12.6. The molecule has 0 saturated carbocycles. The maximum absolute atomic E-state index is 12.1. The van der Waals surface area contributed by atoms with Crippen LogP contribution in [0.15, 0.2) is 59.3 Å². The number of halogens is 1. The Hall–Kier alpha value is -2.53. The number of hydrogen-bond donors (Lipinski definition) is 1. The third-order valence-corrected chi connectivity index (χ3v) is 3.53. The molecule has 112 valence electrons. The van der Waals surface area contributed by atoms with Crippen molar-refractivity contribution in [3.8, 4) is 0 Å². The fourth-order valence-corrected chi connectivity index (χ4v) is 2.25. The molecule has 0 aliphatic heterocycles. The van der Waals surface area contributed by atoms with Gasteiger partial charge in [0.15, 0.2) is 5.76 Å². The van der Waals surface area contributed by atoms with Crippen LogP contribution in [-0.2, 0) is 13.1 Å². The van der Waals surface area contributed by atoms with Gasteiger partial charge in [0.1, 0.15) is 5.76 Å². The zero-order chi connectivity index (χ0) is 15.4. The highest BCUT2D eigenvalue weighted by atomic mass is 35.5. The van der Waals surface area contributed by atoms with E-state index in [0.717, 1.165) is 5.56 Å². The molecule has 5 nitrogen and oxygen atoms in total. The molecule has 2 heterocycles. The Labute approximate surface area is 132 Å². The van der Waals surface area contributed by atoms with Crippen LogP contribution in [0.1, 0.15) is 21.9 Å². The summed E-state index contributed by atoms with van der Waals surface area (Å²) in [4.78, 5) is 12.1. The first kappa shape index (κ1) is 14.4. The molecule has 3 rings (SSSR count). The minimum Gasteiger partial charge on any atom is -0.454 e. The van der Waals surface area contributed by atoms with Gasteiger partial charge < -0.3 is 9.73 Å². The molecule has 1 aromatic carbocycles. The summed E-state index contributed by atoms with van der Waals surface area (Å²) in [7, 11) is 0. The average Bonchev–Trinajstić information content (AvgIpc) is 3.18. The molecule has 0 unspecified atom stereocenters. The second kappa shape index (κ2) is 6.49. The SMILES string of the molecule is O=C(NCc1ccccc1Cl)c1ccc(Cn2cccn2)o1. The van der Waals surface area contributed by atoms with Gasteiger partial charge in [0, 0.05) is 24.0 Å². The lowest BCUT2D eigenvalue weighted by Crippen LogP contribution is -2.22. The first-order valence-corrected chi connectivity index (χ1v) is 7.18. The summed E-state index contributed by atoms with van der Waals surface area (Å²) in [6.45, 7) is 0.846. The smallest absolute Gasteiger partial charge is 0.287 e. The normalized spacial score (nSPS) is 10.6. The fourth-order valence-electron chi connectivity index (χ4n) is 2.04. The van der Waals surface area contributed by atoms with E-state index in [4.69, 9.17) is 16.0 Å². The van der Waals surface area contributed by atoms with Gasteiger partial charge in [0.2, 0.25) is 0 Å². The molecule has 0 bridgehead atoms. The second-order valence-electron chi connectivity index (χ2n) is 4.74. The predicted molar refractivity (Wildman–Crippen MR) is 82.7 cm³/mol. The van der Waals surface area contributed by atoms with Gasteiger partial charge in [-0.1, -0.05) is 29.8 Å². The molecular weight excluding hydrogens is 302 g/mol. The summed E-state index contributed by atoms with van der Waals surface area (Å²) < 4.78 is 7.26. The van der Waals surface area contributed by atoms with E-state index in [1.54, 1.807) is 29.1 Å². The Morgan fingerprint density at radius 2 is 2.09 bits per heavy atom. The average molecular weight is 316 g/mol. The van der Waals surface area contributed by atoms with Gasteiger partial charge in [-0.25, -0.2) is 0 Å². The highest BCUT2D eigenvalue weighted by Crippen LogP contribution is 2.15. The first-order valence-electron chi connectivity index (χ1n) is 6.80. The summed E-state index contributed by atoms with van der Waals surface area (Å²) in [5.41, 5.74) is 0.862. The Bertz CT molecular complexity index is 765. The van der Waals surface area contributed by atoms with Crippen molar-refractivity contribution in [1.82, 2.24) is 15.1 Å². The molecule has 0 aliphatic rings. The Balaban J connectivity index is 1.61. The molecule has 6 heteroatoms. The van der Waals surface area contributed by atoms with Gasteiger partial charge in [-0.05, 0) is 29.8 Å². The molecule has 0 atom stereocenters. The Kier molecular flexibility index (Phi) is 4.25. The van der Waals surface area contributed by atoms with Gasteiger partial charge in [0.05, 0.1) is 6.54 Å². The van der Waals surface area contributed by atoms with Crippen LogP contribution < -0.4 is 5.32 Å². The molecule has 0 fully saturated rings. The van der Waals surface area contributed by atoms with E-state index >= 15 is 0 Å². The van der Waals surface area contributed by atoms with Gasteiger partial charge >= 0.3 is 0 Å². The van der Waals surface area contributed by atoms with Crippen LogP contribution in [-0.4, -0.2) is 15.7 Å². The number of rotatable bonds is 5. The number of amides is 1. The number of aromatic nitrogens is 2. The number of nitrogens with zero attached hydrogens (tertiary/aromatic N) is 2. The van der Waals surface area contributed by atoms with E-state index in [1.165, 1.54) is 0 Å². The number of carbonyl (C=O) groups is 1. The molecule has 22 heavy (non-hydrogen) atoms. The highest BCUT2D eigenvalue weighted by Gasteiger charge is 2.11. The van der Waals surface area contributed by atoms with Gasteiger partial charge in [-0.2, -0.15) is 5.10 Å². The lowest BCUT2D eigenvalue weighted by Gasteiger charge is -2.05. The minimum atomic E-state index is -0.272. The molecule has 2 aromatic heterocycles. The summed E-state index contributed by atoms with van der Waals surface area (Å²) in [6.07, 6.45) is 3.53. The lowest BCUT2D eigenvalue weighted by molar-refractivity contribution is 0.0921. The van der Waals surface area contributed by atoms with Crippen LogP contribution in [0.4, 0.5) is 0 Å². The van der Waals surface area contributed by atoms with Crippen LogP contribution in [0.3, 0.4) is 0 Å². The maximum atomic E-state index is 12.1. The standard InChI is InChI=1S/C16H14ClN3O2/c17-14-5-2-1-4-12(14)10-18-16(21)15-7-6-13(22-15)11-20-9-3-8-19-20/h1-9H,10-11H2,(H,18,21). The van der Waals surface area contributed by atoms with Crippen LogP contribution in [0.5, 0.6) is 0 Å². The monoisotopic (exact) mass is 315 g/mol. The first-order chi connectivity index (χ1) is 10.7. The zero-order valence-corrected chi connectivity index (χ0v) is 12.5. The molecule has 3 aromatic rings. The van der Waals surface area contributed by atoms with Gasteiger partial charge in [0.25, 0.3) is 5.91 Å². The lowest BCUT2D eigenvalue weighted by atomic mass is 10.2. The number of furan rings is 1. The molecule has 0 saturated heterocycles. The number of carbonyl (C=O) groups excluding carboxylic acids is 1. The summed E-state index contributed by atoms with van der Waals surface area (Å²) in [5, 5.41) is 7.51. The van der Waals surface area contributed by atoms with Gasteiger partial charge in [-0.15, -0.1) is 0 Å². The van der Waals surface area contributed by atoms with Crippen molar-refractivity contribution < 1.29 is 9.21 Å². The van der Waals surface area contributed by atoms with Crippen molar-refractivity contribution in [3.05, 3.63) is 77.0 Å². The van der Waals surface area contributed by atoms with E-state index in [1.807, 2.05) is 30.5 Å². The Morgan fingerprint density at radius 3 is 2.86 bits per heavy atom. The van der Waals surface area contributed by atoms with E-state index in [-0.39, 0.29) is 11.7 Å². The van der Waals surface area contributed by atoms with Crippen molar-refractivity contribution in [3.63, 3.8) is 0 Å². The Morgan fingerprint density at radius 1 is 1.23 bits per heavy atom. The molecular formula is C16H14ClN3O2. The molecule has 1 amide bonds. The minimum absolute atomic E-state index is 0.272. The van der Waals surface area contributed by atoms with Crippen molar-refractivity contribution >= 4 is 17.5 Å². The van der Waals surface area contributed by atoms with Crippen molar-refractivity contribution in [2.24, 2.45) is 0 Å². The van der Waals surface area contributed by atoms with Crippen LogP contribution in [0.2, 0.25) is 5.02 Å². The molecule has 0 spiro atoms. The number of benzene rings is 1. The van der Waals surface area contributed by atoms with Crippen molar-refractivity contribution in [2.75, 3.05) is 0 Å². The van der Waals surface area contributed by atoms with E-state index < -0.39 is 0 Å². The van der Waals surface area contributed by atoms with E-state index in [2.05, 4.69) is 10.4 Å². The van der Waals surface area contributed by atoms with Gasteiger partial charge in [-0.3, -0.25) is 9.48 Å². The predicted octanol–water partition coefficient (Wildman–Crippen LogP) is 3.11. The zero-order valence-electron chi connectivity index (χ0n) is 11.7. The van der Waals surface area contributed by atoms with Crippen LogP contribution in [0, 0.1) is 0 Å². The molecule has 0 radical (unpaired) electrons. The number of nitrogens with one attached hydrogen (secondary N) is 1. The largest absolute Gasteiger partial charge is 0.454 e. The summed E-state index contributed by atoms with van der Waals surface area (Å²) in [5.74, 6) is 0.674. The molecule has 1 N–H and O–H groups in total. The van der Waals surface area contributed by atoms with E-state index in [9.17, 15) is 4.79 Å². The quantitative estimate of drug-likeness (QED) is 0.787. The molecule has 0 aliphatic carbocycles. The highest BCUT2D eigenvalue weighted by molar-refractivity contribution is 6.31. The third kappa shape index (κ3) is 3.38. The number of hydrogen-bond acceptors (Lipinski definition) is 3. The third-order valence-electron chi connectivity index (χ3n) is 3.16. The van der Waals surface area contributed by atoms with Crippen LogP contribution in [0.25, 0.3) is 0 Å². The topological polar surface area (TPSA) is 60.1 Å². The van der Waals surface area contributed by atoms with E-state index in [0.29, 0.717) is 23.9 Å². The second-order valence-corrected chi connectivity index (χ2v) is 5.15. The fraction of sp³-hybridized carbons (Fsp3) is 0.125. The van der Waals surface area contributed by atoms with Crippen molar-refractivity contribution in [1.29, 1.82) is 0 Å². The summed E-state index contributed by atoms with van der Waals surface area (Å²) >= 11 is 6.05. The maximum Gasteiger partial charge on any atom is 0.287 e. The van der Waals surface area contributed by atoms with Crippen molar-refractivity contribution in [2.45, 2.75) is 13.1 Å².